The Bertz CT molecular complexity index is 680. The maximum atomic E-state index is 12.5. The van der Waals surface area contributed by atoms with Crippen molar-refractivity contribution in [3.8, 4) is 0 Å². The van der Waals surface area contributed by atoms with E-state index in [2.05, 4.69) is 10.6 Å². The molecule has 0 saturated carbocycles. The Morgan fingerprint density at radius 3 is 1.77 bits per heavy atom. The van der Waals surface area contributed by atoms with Crippen LogP contribution in [0.5, 0.6) is 0 Å². The number of amides is 4. The van der Waals surface area contributed by atoms with Crippen LogP contribution in [0.1, 0.15) is 33.1 Å². The number of nitrogens with one attached hydrogen (secondary N) is 3. The molecule has 14 heteroatoms. The highest BCUT2D eigenvalue weighted by molar-refractivity contribution is 5.95. The maximum Gasteiger partial charge on any atom is 0.328 e. The van der Waals surface area contributed by atoms with Crippen molar-refractivity contribution in [2.45, 2.75) is 63.4 Å². The molecule has 0 aromatic rings. The Labute approximate surface area is 171 Å². The van der Waals surface area contributed by atoms with Crippen molar-refractivity contribution >= 4 is 35.6 Å². The molecule has 0 bridgehead atoms. The summed E-state index contributed by atoms with van der Waals surface area (Å²) in [6.45, 7) is 2.42. The molecule has 30 heavy (non-hydrogen) atoms. The Morgan fingerprint density at radius 2 is 1.37 bits per heavy atom. The Morgan fingerprint density at radius 1 is 0.867 bits per heavy atom. The van der Waals surface area contributed by atoms with Gasteiger partial charge in [0.05, 0.1) is 18.6 Å². The lowest BCUT2D eigenvalue weighted by Gasteiger charge is -2.24. The third kappa shape index (κ3) is 9.79. The minimum atomic E-state index is -1.76. The summed E-state index contributed by atoms with van der Waals surface area (Å²) in [5, 5.41) is 33.7. The molecule has 5 unspecified atom stereocenters. The smallest absolute Gasteiger partial charge is 0.328 e. The number of primary amides is 1. The van der Waals surface area contributed by atoms with Crippen LogP contribution in [-0.2, 0) is 28.8 Å². The molecule has 0 radical (unpaired) electrons. The third-order valence-corrected chi connectivity index (χ3v) is 3.78. The number of carboxylic acid groups (broad SMARTS) is 2. The van der Waals surface area contributed by atoms with Crippen LogP contribution in [0.4, 0.5) is 0 Å². The average Bonchev–Trinajstić information content (AvgIpc) is 2.60. The summed E-state index contributed by atoms with van der Waals surface area (Å²) in [5.41, 5.74) is 10.4. The van der Waals surface area contributed by atoms with Crippen molar-refractivity contribution in [2.75, 3.05) is 0 Å². The fourth-order valence-corrected chi connectivity index (χ4v) is 2.16. The van der Waals surface area contributed by atoms with Crippen molar-refractivity contribution in [3.05, 3.63) is 0 Å². The maximum absolute atomic E-state index is 12.5. The van der Waals surface area contributed by atoms with E-state index in [1.165, 1.54) is 6.92 Å². The first-order chi connectivity index (χ1) is 13.8. The van der Waals surface area contributed by atoms with Gasteiger partial charge in [-0.2, -0.15) is 0 Å². The highest BCUT2D eigenvalue weighted by Gasteiger charge is 2.32. The van der Waals surface area contributed by atoms with Gasteiger partial charge in [-0.3, -0.25) is 24.0 Å². The lowest BCUT2D eigenvalue weighted by molar-refractivity contribution is -0.146. The molecule has 0 aromatic heterocycles. The van der Waals surface area contributed by atoms with Crippen molar-refractivity contribution in [1.82, 2.24) is 16.0 Å². The number of carboxylic acids is 2. The molecule has 0 aromatic carbocycles. The highest BCUT2D eigenvalue weighted by Crippen LogP contribution is 2.03. The monoisotopic (exact) mass is 433 g/mol. The summed E-state index contributed by atoms with van der Waals surface area (Å²) in [4.78, 5) is 69.8. The molecule has 0 rings (SSSR count). The van der Waals surface area contributed by atoms with Crippen LogP contribution in [0.15, 0.2) is 0 Å². The minimum absolute atomic E-state index is 0.257. The molecular formula is C16H27N5O9. The SMILES string of the molecule is CC(N)C(=O)NC(CCC(N)=O)C(=O)NC(CC(=O)O)C(=O)NC(C(=O)O)C(C)O. The van der Waals surface area contributed by atoms with Gasteiger partial charge in [-0.15, -0.1) is 0 Å². The minimum Gasteiger partial charge on any atom is -0.481 e. The second-order valence-electron chi connectivity index (χ2n) is 6.58. The number of hydrogen-bond acceptors (Lipinski definition) is 8. The van der Waals surface area contributed by atoms with Crippen LogP contribution >= 0.6 is 0 Å². The van der Waals surface area contributed by atoms with E-state index >= 15 is 0 Å². The second kappa shape index (κ2) is 12.3. The average molecular weight is 433 g/mol. The highest BCUT2D eigenvalue weighted by atomic mass is 16.4. The first-order valence-corrected chi connectivity index (χ1v) is 8.83. The molecule has 14 nitrogen and oxygen atoms in total. The van der Waals surface area contributed by atoms with Gasteiger partial charge in [-0.1, -0.05) is 0 Å². The largest absolute Gasteiger partial charge is 0.481 e. The van der Waals surface area contributed by atoms with Crippen LogP contribution in [0.25, 0.3) is 0 Å². The fraction of sp³-hybridized carbons (Fsp3) is 0.625. The molecule has 0 fully saturated rings. The van der Waals surface area contributed by atoms with Crippen LogP contribution in [0, 0.1) is 0 Å². The number of aliphatic hydroxyl groups is 1. The van der Waals surface area contributed by atoms with E-state index in [4.69, 9.17) is 21.7 Å². The third-order valence-electron chi connectivity index (χ3n) is 3.78. The van der Waals surface area contributed by atoms with E-state index in [1.54, 1.807) is 0 Å². The van der Waals surface area contributed by atoms with Crippen LogP contribution in [-0.4, -0.2) is 81.2 Å². The number of rotatable bonds is 13. The van der Waals surface area contributed by atoms with Gasteiger partial charge in [0.1, 0.15) is 12.1 Å². The number of carbonyl (C=O) groups excluding carboxylic acids is 4. The van der Waals surface area contributed by atoms with Gasteiger partial charge in [0.15, 0.2) is 6.04 Å². The second-order valence-corrected chi connectivity index (χ2v) is 6.58. The summed E-state index contributed by atoms with van der Waals surface area (Å²) in [7, 11) is 0. The van der Waals surface area contributed by atoms with Crippen LogP contribution in [0.3, 0.4) is 0 Å². The number of hydrogen-bond donors (Lipinski definition) is 8. The first-order valence-electron chi connectivity index (χ1n) is 8.83. The van der Waals surface area contributed by atoms with Gasteiger partial charge in [0, 0.05) is 6.42 Å². The van der Waals surface area contributed by atoms with Crippen LogP contribution in [0.2, 0.25) is 0 Å². The van der Waals surface area contributed by atoms with Gasteiger partial charge in [0.25, 0.3) is 0 Å². The molecule has 170 valence electrons. The zero-order valence-electron chi connectivity index (χ0n) is 16.5. The molecular weight excluding hydrogens is 406 g/mol. The normalized spacial score (nSPS) is 15.6. The van der Waals surface area contributed by atoms with Gasteiger partial charge in [-0.25, -0.2) is 4.79 Å². The Kier molecular flexibility index (Phi) is 11.0. The van der Waals surface area contributed by atoms with E-state index in [9.17, 15) is 33.9 Å². The summed E-state index contributed by atoms with van der Waals surface area (Å²) >= 11 is 0. The number of carbonyl (C=O) groups is 6. The molecule has 0 aliphatic heterocycles. The molecule has 0 aliphatic carbocycles. The Hall–Kier alpha value is -3.26. The van der Waals surface area contributed by atoms with E-state index < -0.39 is 72.3 Å². The van der Waals surface area contributed by atoms with E-state index in [1.807, 2.05) is 5.32 Å². The van der Waals surface area contributed by atoms with E-state index in [0.717, 1.165) is 6.92 Å². The number of aliphatic hydroxyl groups excluding tert-OH is 1. The summed E-state index contributed by atoms with van der Waals surface area (Å²) < 4.78 is 0. The molecule has 0 saturated heterocycles. The van der Waals surface area contributed by atoms with E-state index in [-0.39, 0.29) is 12.8 Å². The van der Waals surface area contributed by atoms with Gasteiger partial charge < -0.3 is 42.7 Å². The van der Waals surface area contributed by atoms with Gasteiger partial charge in [0.2, 0.25) is 23.6 Å². The zero-order valence-corrected chi connectivity index (χ0v) is 16.5. The molecule has 0 heterocycles. The standard InChI is InChI=1S/C16H27N5O9/c1-6(17)13(26)19-8(3-4-10(18)23)14(27)20-9(5-11(24)25)15(28)21-12(7(2)22)16(29)30/h6-9,12,22H,3-5,17H2,1-2H3,(H2,18,23)(H,19,26)(H,20,27)(H,21,28)(H,24,25)(H,29,30). The van der Waals surface area contributed by atoms with Crippen molar-refractivity contribution in [1.29, 1.82) is 0 Å². The number of nitrogens with two attached hydrogens (primary N) is 2. The predicted molar refractivity (Wildman–Crippen MR) is 99.4 cm³/mol. The quantitative estimate of drug-likeness (QED) is 0.140. The topological polar surface area (TPSA) is 251 Å². The van der Waals surface area contributed by atoms with Crippen LogP contribution < -0.4 is 27.4 Å². The summed E-state index contributed by atoms with van der Waals surface area (Å²) in [6, 6.07) is -5.87. The molecule has 5 atom stereocenters. The lowest BCUT2D eigenvalue weighted by Crippen LogP contribution is -2.58. The molecule has 10 N–H and O–H groups in total. The van der Waals surface area contributed by atoms with Crippen molar-refractivity contribution in [3.63, 3.8) is 0 Å². The molecule has 0 spiro atoms. The summed E-state index contributed by atoms with van der Waals surface area (Å²) in [5.74, 6) is -6.81. The number of aliphatic carboxylic acids is 2. The molecule has 0 aliphatic rings. The first kappa shape index (κ1) is 26.7. The lowest BCUT2D eigenvalue weighted by atomic mass is 10.1. The fourth-order valence-electron chi connectivity index (χ4n) is 2.16. The molecule has 4 amide bonds. The van der Waals surface area contributed by atoms with Gasteiger partial charge >= 0.3 is 11.9 Å². The van der Waals surface area contributed by atoms with Crippen molar-refractivity contribution < 1.29 is 44.1 Å². The van der Waals surface area contributed by atoms with E-state index in [0.29, 0.717) is 0 Å². The van der Waals surface area contributed by atoms with Crippen molar-refractivity contribution in [2.24, 2.45) is 11.5 Å². The van der Waals surface area contributed by atoms with Gasteiger partial charge in [-0.05, 0) is 20.3 Å². The zero-order chi connectivity index (χ0) is 23.6. The summed E-state index contributed by atoms with van der Waals surface area (Å²) in [6.07, 6.45) is -3.00. The Balaban J connectivity index is 5.49. The predicted octanol–water partition coefficient (Wildman–Crippen LogP) is -4.01.